The fraction of sp³-hybridized carbons (Fsp3) is 0.250. The number of anilines is 1. The number of benzene rings is 1. The van der Waals surface area contributed by atoms with E-state index in [-0.39, 0.29) is 17.7 Å². The summed E-state index contributed by atoms with van der Waals surface area (Å²) in [5.74, 6) is 0.573. The topological polar surface area (TPSA) is 99.2 Å². The number of furan rings is 1. The molecule has 0 unspecified atom stereocenters. The van der Waals surface area contributed by atoms with E-state index in [0.29, 0.717) is 27.3 Å². The van der Waals surface area contributed by atoms with Gasteiger partial charge in [-0.1, -0.05) is 42.1 Å². The van der Waals surface area contributed by atoms with Gasteiger partial charge in [0, 0.05) is 16.5 Å². The lowest BCUT2D eigenvalue weighted by molar-refractivity contribution is -0.113. The largest absolute Gasteiger partial charge is 0.465 e. The number of amides is 1. The van der Waals surface area contributed by atoms with E-state index in [2.05, 4.69) is 15.5 Å². The summed E-state index contributed by atoms with van der Waals surface area (Å²) in [6, 6.07) is 13.3. The quantitative estimate of drug-likeness (QED) is 0.248. The molecular formula is C24H24N4O4S2. The number of hydrogen-bond donors (Lipinski definition) is 1. The number of carbonyl (C=O) groups excluding carboxylic acids is 2. The molecule has 0 spiro atoms. The van der Waals surface area contributed by atoms with E-state index in [1.165, 1.54) is 30.2 Å². The third kappa shape index (κ3) is 4.78. The number of thiophene rings is 1. The SMILES string of the molecule is COC(=O)c1c(NC(=O)CSc2nnc(-c3ccco3)n2C(C)C)sc(C)c1-c1ccccc1. The predicted molar refractivity (Wildman–Crippen MR) is 133 cm³/mol. The highest BCUT2D eigenvalue weighted by Crippen LogP contribution is 2.40. The molecule has 0 fully saturated rings. The van der Waals surface area contributed by atoms with Crippen molar-refractivity contribution in [2.75, 3.05) is 18.2 Å². The Kier molecular flexibility index (Phi) is 7.18. The minimum Gasteiger partial charge on any atom is -0.465 e. The number of carbonyl (C=O) groups is 2. The molecule has 4 rings (SSSR count). The molecule has 0 saturated carbocycles. The van der Waals surface area contributed by atoms with Crippen LogP contribution >= 0.6 is 23.1 Å². The van der Waals surface area contributed by atoms with Gasteiger partial charge in [0.15, 0.2) is 10.9 Å². The summed E-state index contributed by atoms with van der Waals surface area (Å²) >= 11 is 2.62. The standard InChI is InChI=1S/C24H24N4O4S2/c1-14(2)28-21(17-11-8-12-32-17)26-27-24(28)33-13-18(29)25-22-20(23(30)31-4)19(15(3)34-22)16-9-6-5-7-10-16/h5-12,14H,13H2,1-4H3,(H,25,29). The third-order valence-electron chi connectivity index (χ3n) is 5.04. The van der Waals surface area contributed by atoms with E-state index in [4.69, 9.17) is 9.15 Å². The molecule has 1 aromatic carbocycles. The first kappa shape index (κ1) is 23.8. The van der Waals surface area contributed by atoms with Gasteiger partial charge in [0.2, 0.25) is 11.7 Å². The van der Waals surface area contributed by atoms with Gasteiger partial charge in [-0.3, -0.25) is 9.36 Å². The van der Waals surface area contributed by atoms with Gasteiger partial charge < -0.3 is 14.5 Å². The number of aryl methyl sites for hydroxylation is 1. The normalized spacial score (nSPS) is 11.1. The second-order valence-corrected chi connectivity index (χ2v) is 9.85. The van der Waals surface area contributed by atoms with E-state index in [1.807, 2.05) is 61.7 Å². The maximum atomic E-state index is 12.9. The van der Waals surface area contributed by atoms with Crippen molar-refractivity contribution in [3.8, 4) is 22.7 Å². The lowest BCUT2D eigenvalue weighted by Crippen LogP contribution is -2.16. The molecule has 3 heterocycles. The maximum Gasteiger partial charge on any atom is 0.341 e. The lowest BCUT2D eigenvalue weighted by atomic mass is 10.0. The zero-order valence-corrected chi connectivity index (χ0v) is 20.8. The van der Waals surface area contributed by atoms with Gasteiger partial charge in [0.1, 0.15) is 10.6 Å². The summed E-state index contributed by atoms with van der Waals surface area (Å²) in [6.07, 6.45) is 1.58. The summed E-state index contributed by atoms with van der Waals surface area (Å²) in [7, 11) is 1.33. The van der Waals surface area contributed by atoms with Gasteiger partial charge in [-0.2, -0.15) is 0 Å². The Morgan fingerprint density at radius 1 is 1.18 bits per heavy atom. The Labute approximate surface area is 205 Å². The smallest absolute Gasteiger partial charge is 0.341 e. The molecule has 10 heteroatoms. The second-order valence-electron chi connectivity index (χ2n) is 7.68. The maximum absolute atomic E-state index is 12.9. The summed E-state index contributed by atoms with van der Waals surface area (Å²) < 4.78 is 12.4. The van der Waals surface area contributed by atoms with Gasteiger partial charge in [0.25, 0.3) is 0 Å². The number of methoxy groups -OCH3 is 1. The zero-order chi connectivity index (χ0) is 24.2. The van der Waals surface area contributed by atoms with E-state index < -0.39 is 5.97 Å². The van der Waals surface area contributed by atoms with Gasteiger partial charge in [-0.15, -0.1) is 21.5 Å². The zero-order valence-electron chi connectivity index (χ0n) is 19.2. The van der Waals surface area contributed by atoms with E-state index >= 15 is 0 Å². The Morgan fingerprint density at radius 2 is 1.94 bits per heavy atom. The van der Waals surface area contributed by atoms with Crippen LogP contribution in [-0.2, 0) is 9.53 Å². The Balaban J connectivity index is 1.55. The fourth-order valence-corrected chi connectivity index (χ4v) is 5.54. The van der Waals surface area contributed by atoms with Crippen molar-refractivity contribution in [1.29, 1.82) is 0 Å². The number of ether oxygens (including phenoxy) is 1. The number of nitrogens with one attached hydrogen (secondary N) is 1. The van der Waals surface area contributed by atoms with Crippen LogP contribution in [0.1, 0.15) is 35.1 Å². The first-order chi connectivity index (χ1) is 16.4. The molecule has 1 amide bonds. The molecule has 8 nitrogen and oxygen atoms in total. The van der Waals surface area contributed by atoms with Crippen molar-refractivity contribution in [3.63, 3.8) is 0 Å². The van der Waals surface area contributed by atoms with Crippen molar-refractivity contribution in [1.82, 2.24) is 14.8 Å². The third-order valence-corrected chi connectivity index (χ3v) is 7.01. The predicted octanol–water partition coefficient (Wildman–Crippen LogP) is 5.67. The summed E-state index contributed by atoms with van der Waals surface area (Å²) in [5.41, 5.74) is 2.02. The highest BCUT2D eigenvalue weighted by Gasteiger charge is 2.25. The number of aromatic nitrogens is 3. The van der Waals surface area contributed by atoms with Crippen LogP contribution in [0.15, 0.2) is 58.3 Å². The minimum absolute atomic E-state index is 0.0694. The molecule has 34 heavy (non-hydrogen) atoms. The Bertz CT molecular complexity index is 1290. The number of rotatable bonds is 8. The van der Waals surface area contributed by atoms with Crippen LogP contribution < -0.4 is 5.32 Å². The molecule has 0 atom stereocenters. The second kappa shape index (κ2) is 10.3. The molecule has 1 N–H and O–H groups in total. The van der Waals surface area contributed by atoms with Crippen LogP contribution in [0.3, 0.4) is 0 Å². The van der Waals surface area contributed by atoms with E-state index in [9.17, 15) is 9.59 Å². The monoisotopic (exact) mass is 496 g/mol. The molecule has 4 aromatic rings. The highest BCUT2D eigenvalue weighted by atomic mass is 32.2. The van der Waals surface area contributed by atoms with Crippen LogP contribution in [0.4, 0.5) is 5.00 Å². The average molecular weight is 497 g/mol. The number of thioether (sulfide) groups is 1. The van der Waals surface area contributed by atoms with Crippen LogP contribution in [0.2, 0.25) is 0 Å². The van der Waals surface area contributed by atoms with Crippen molar-refractivity contribution in [2.45, 2.75) is 32.0 Å². The van der Waals surface area contributed by atoms with Crippen LogP contribution in [0.25, 0.3) is 22.7 Å². The molecule has 0 aliphatic rings. The number of esters is 1. The lowest BCUT2D eigenvalue weighted by Gasteiger charge is -2.12. The van der Waals surface area contributed by atoms with E-state index in [1.54, 1.807) is 12.3 Å². The Morgan fingerprint density at radius 3 is 2.59 bits per heavy atom. The van der Waals surface area contributed by atoms with Gasteiger partial charge in [0.05, 0.1) is 19.1 Å². The molecule has 0 saturated heterocycles. The van der Waals surface area contributed by atoms with Crippen LogP contribution in [-0.4, -0.2) is 39.5 Å². The Hall–Kier alpha value is -3.37. The molecular weight excluding hydrogens is 472 g/mol. The molecule has 0 radical (unpaired) electrons. The van der Waals surface area contributed by atoms with E-state index in [0.717, 1.165) is 16.0 Å². The molecule has 3 aromatic heterocycles. The van der Waals surface area contributed by atoms with Crippen molar-refractivity contribution < 1.29 is 18.7 Å². The minimum atomic E-state index is -0.492. The average Bonchev–Trinajstić information content (AvgIpc) is 3.56. The molecule has 0 bridgehead atoms. The van der Waals surface area contributed by atoms with Gasteiger partial charge in [-0.05, 0) is 38.5 Å². The molecule has 0 aliphatic carbocycles. The first-order valence-corrected chi connectivity index (χ1v) is 12.4. The fourth-order valence-electron chi connectivity index (χ4n) is 3.59. The van der Waals surface area contributed by atoms with Crippen molar-refractivity contribution in [3.05, 3.63) is 59.2 Å². The number of nitrogens with zero attached hydrogens (tertiary/aromatic N) is 3. The summed E-state index contributed by atoms with van der Waals surface area (Å²) in [5, 5.41) is 12.5. The van der Waals surface area contributed by atoms with Gasteiger partial charge in [-0.25, -0.2) is 4.79 Å². The van der Waals surface area contributed by atoms with Crippen molar-refractivity contribution >= 4 is 40.0 Å². The summed E-state index contributed by atoms with van der Waals surface area (Å²) in [4.78, 5) is 26.4. The van der Waals surface area contributed by atoms with Crippen LogP contribution in [0, 0.1) is 6.92 Å². The van der Waals surface area contributed by atoms with Crippen LogP contribution in [0.5, 0.6) is 0 Å². The highest BCUT2D eigenvalue weighted by molar-refractivity contribution is 7.99. The van der Waals surface area contributed by atoms with Crippen molar-refractivity contribution in [2.24, 2.45) is 0 Å². The van der Waals surface area contributed by atoms with Gasteiger partial charge >= 0.3 is 5.97 Å². The number of hydrogen-bond acceptors (Lipinski definition) is 8. The first-order valence-electron chi connectivity index (χ1n) is 10.6. The molecule has 0 aliphatic heterocycles. The summed E-state index contributed by atoms with van der Waals surface area (Å²) in [6.45, 7) is 5.95. The molecule has 176 valence electrons.